The third-order valence-corrected chi connectivity index (χ3v) is 4.17. The Labute approximate surface area is 150 Å². The second-order valence-corrected chi connectivity index (χ2v) is 5.95. The van der Waals surface area contributed by atoms with Crippen molar-refractivity contribution in [1.82, 2.24) is 14.5 Å². The number of aromatic nitrogens is 3. The van der Waals surface area contributed by atoms with Gasteiger partial charge in [0.1, 0.15) is 0 Å². The van der Waals surface area contributed by atoms with Gasteiger partial charge in [-0.15, -0.1) is 0 Å². The van der Waals surface area contributed by atoms with Crippen LogP contribution in [-0.4, -0.2) is 20.4 Å². The van der Waals surface area contributed by atoms with Crippen LogP contribution in [0.3, 0.4) is 0 Å². The number of fused-ring (bicyclic) bond motifs is 2. The molecule has 0 radical (unpaired) electrons. The number of carbonyl (C=O) groups is 1. The van der Waals surface area contributed by atoms with Crippen molar-refractivity contribution in [1.29, 1.82) is 0 Å². The van der Waals surface area contributed by atoms with Crippen molar-refractivity contribution in [3.63, 3.8) is 0 Å². The van der Waals surface area contributed by atoms with Crippen molar-refractivity contribution in [3.05, 3.63) is 73.9 Å². The van der Waals surface area contributed by atoms with Crippen molar-refractivity contribution in [2.45, 2.75) is 13.0 Å². The van der Waals surface area contributed by atoms with Gasteiger partial charge in [-0.3, -0.25) is 24.1 Å². The van der Waals surface area contributed by atoms with Crippen molar-refractivity contribution < 1.29 is 9.21 Å². The van der Waals surface area contributed by atoms with Gasteiger partial charge in [-0.1, -0.05) is 12.1 Å². The number of amides is 1. The van der Waals surface area contributed by atoms with Gasteiger partial charge in [0.2, 0.25) is 5.91 Å². The van der Waals surface area contributed by atoms with Crippen LogP contribution in [0, 0.1) is 0 Å². The Balaban J connectivity index is 1.54. The number of para-hydroxylation sites is 1. The molecule has 0 saturated heterocycles. The van der Waals surface area contributed by atoms with Crippen LogP contribution in [-0.2, 0) is 11.3 Å². The van der Waals surface area contributed by atoms with Crippen LogP contribution in [0.25, 0.3) is 22.0 Å². The second kappa shape index (κ2) is 6.45. The number of aryl methyl sites for hydroxylation is 1. The lowest BCUT2D eigenvalue weighted by atomic mass is 10.2. The smallest absolute Gasteiger partial charge is 0.408 e. The Bertz CT molecular complexity index is 1340. The molecule has 9 heteroatoms. The molecule has 0 fully saturated rings. The molecule has 4 rings (SSSR count). The standard InChI is InChI=1S/C18H14N4O5/c23-15(19-10-5-6-14-12(9-10)20-18(26)27-14)7-8-22-13-4-2-1-3-11(13)16(24)21-17(22)25/h1-6,9H,7-8H2,(H,19,23)(H,20,26)(H,21,24,25). The lowest BCUT2D eigenvalue weighted by molar-refractivity contribution is -0.116. The Hall–Kier alpha value is -3.88. The van der Waals surface area contributed by atoms with Crippen LogP contribution in [0.1, 0.15) is 6.42 Å². The Morgan fingerprint density at radius 2 is 1.89 bits per heavy atom. The van der Waals surface area contributed by atoms with Gasteiger partial charge in [0, 0.05) is 18.7 Å². The lowest BCUT2D eigenvalue weighted by Crippen LogP contribution is -2.31. The predicted molar refractivity (Wildman–Crippen MR) is 98.9 cm³/mol. The number of aromatic amines is 2. The van der Waals surface area contributed by atoms with Gasteiger partial charge < -0.3 is 9.73 Å². The molecule has 0 bridgehead atoms. The van der Waals surface area contributed by atoms with E-state index < -0.39 is 17.0 Å². The molecule has 136 valence electrons. The average Bonchev–Trinajstić information content (AvgIpc) is 3.01. The number of hydrogen-bond donors (Lipinski definition) is 3. The van der Waals surface area contributed by atoms with Gasteiger partial charge in [-0.2, -0.15) is 0 Å². The first-order chi connectivity index (χ1) is 13.0. The molecule has 0 atom stereocenters. The number of H-pyrrole nitrogens is 2. The second-order valence-electron chi connectivity index (χ2n) is 5.95. The number of hydrogen-bond acceptors (Lipinski definition) is 5. The molecular formula is C18H14N4O5. The van der Waals surface area contributed by atoms with Crippen LogP contribution in [0.2, 0.25) is 0 Å². The van der Waals surface area contributed by atoms with Crippen LogP contribution >= 0.6 is 0 Å². The molecule has 0 aliphatic rings. The monoisotopic (exact) mass is 366 g/mol. The molecule has 1 amide bonds. The van der Waals surface area contributed by atoms with Crippen molar-refractivity contribution >= 4 is 33.6 Å². The first-order valence-electron chi connectivity index (χ1n) is 8.16. The third kappa shape index (κ3) is 3.17. The maximum Gasteiger partial charge on any atom is 0.417 e. The van der Waals surface area contributed by atoms with Crippen LogP contribution < -0.4 is 22.3 Å². The molecule has 3 N–H and O–H groups in total. The first-order valence-corrected chi connectivity index (χ1v) is 8.16. The molecule has 0 unspecified atom stereocenters. The topological polar surface area (TPSA) is 130 Å². The maximum atomic E-state index is 12.2. The Kier molecular flexibility index (Phi) is 3.96. The van der Waals surface area contributed by atoms with E-state index in [4.69, 9.17) is 4.42 Å². The summed E-state index contributed by atoms with van der Waals surface area (Å²) >= 11 is 0. The van der Waals surface area contributed by atoms with Gasteiger partial charge in [0.15, 0.2) is 5.58 Å². The molecule has 9 nitrogen and oxygen atoms in total. The number of carbonyl (C=O) groups excluding carboxylic acids is 1. The fourth-order valence-corrected chi connectivity index (χ4v) is 2.93. The number of nitrogens with zero attached hydrogens (tertiary/aromatic N) is 1. The minimum absolute atomic E-state index is 0.0237. The largest absolute Gasteiger partial charge is 0.417 e. The molecule has 0 saturated carbocycles. The van der Waals surface area contributed by atoms with E-state index in [2.05, 4.69) is 15.3 Å². The summed E-state index contributed by atoms with van der Waals surface area (Å²) in [6, 6.07) is 11.5. The van der Waals surface area contributed by atoms with Crippen LogP contribution in [0.5, 0.6) is 0 Å². The number of oxazole rings is 1. The number of nitrogens with one attached hydrogen (secondary N) is 3. The minimum Gasteiger partial charge on any atom is -0.408 e. The molecule has 0 aliphatic carbocycles. The van der Waals surface area contributed by atoms with Gasteiger partial charge in [0.05, 0.1) is 16.4 Å². The summed E-state index contributed by atoms with van der Waals surface area (Å²) in [5.41, 5.74) is 0.798. The highest BCUT2D eigenvalue weighted by Crippen LogP contribution is 2.16. The van der Waals surface area contributed by atoms with Crippen LogP contribution in [0.15, 0.2) is 61.3 Å². The zero-order chi connectivity index (χ0) is 19.0. The van der Waals surface area contributed by atoms with Gasteiger partial charge >= 0.3 is 11.4 Å². The Morgan fingerprint density at radius 3 is 2.74 bits per heavy atom. The summed E-state index contributed by atoms with van der Waals surface area (Å²) < 4.78 is 6.26. The SMILES string of the molecule is O=C(CCn1c(=O)[nH]c(=O)c2ccccc21)Nc1ccc2oc(=O)[nH]c2c1. The molecule has 0 aliphatic heterocycles. The normalized spacial score (nSPS) is 11.1. The summed E-state index contributed by atoms with van der Waals surface area (Å²) in [4.78, 5) is 52.2. The Morgan fingerprint density at radius 1 is 1.07 bits per heavy atom. The van der Waals surface area contributed by atoms with E-state index in [-0.39, 0.29) is 18.9 Å². The molecule has 27 heavy (non-hydrogen) atoms. The fourth-order valence-electron chi connectivity index (χ4n) is 2.93. The fraction of sp³-hybridized carbons (Fsp3) is 0.111. The van der Waals surface area contributed by atoms with E-state index in [0.29, 0.717) is 27.7 Å². The van der Waals surface area contributed by atoms with E-state index >= 15 is 0 Å². The lowest BCUT2D eigenvalue weighted by Gasteiger charge is -2.09. The summed E-state index contributed by atoms with van der Waals surface area (Å²) in [5, 5.41) is 3.08. The van der Waals surface area contributed by atoms with Crippen molar-refractivity contribution in [2.24, 2.45) is 0 Å². The zero-order valence-corrected chi connectivity index (χ0v) is 13.9. The molecule has 2 aromatic carbocycles. The van der Waals surface area contributed by atoms with Gasteiger partial charge in [-0.05, 0) is 30.3 Å². The van der Waals surface area contributed by atoms with Crippen LogP contribution in [0.4, 0.5) is 5.69 Å². The number of benzene rings is 2. The van der Waals surface area contributed by atoms with E-state index in [1.807, 2.05) is 0 Å². The maximum absolute atomic E-state index is 12.2. The summed E-state index contributed by atoms with van der Waals surface area (Å²) in [6.45, 7) is 0.104. The number of anilines is 1. The molecular weight excluding hydrogens is 352 g/mol. The van der Waals surface area contributed by atoms with E-state index in [9.17, 15) is 19.2 Å². The third-order valence-electron chi connectivity index (χ3n) is 4.17. The molecule has 2 aromatic heterocycles. The summed E-state index contributed by atoms with van der Waals surface area (Å²) in [6.07, 6.45) is 0.0237. The van der Waals surface area contributed by atoms with E-state index in [1.54, 1.807) is 42.5 Å². The first kappa shape index (κ1) is 16.6. The van der Waals surface area contributed by atoms with E-state index in [1.165, 1.54) is 4.57 Å². The summed E-state index contributed by atoms with van der Waals surface area (Å²) in [5.74, 6) is -0.889. The van der Waals surface area contributed by atoms with Crippen molar-refractivity contribution in [2.75, 3.05) is 5.32 Å². The summed E-state index contributed by atoms with van der Waals surface area (Å²) in [7, 11) is 0. The highest BCUT2D eigenvalue weighted by Gasteiger charge is 2.10. The molecule has 4 aromatic rings. The van der Waals surface area contributed by atoms with Crippen molar-refractivity contribution in [3.8, 4) is 0 Å². The highest BCUT2D eigenvalue weighted by atomic mass is 16.4. The van der Waals surface area contributed by atoms with Gasteiger partial charge in [0.25, 0.3) is 5.56 Å². The number of rotatable bonds is 4. The quantitative estimate of drug-likeness (QED) is 0.499. The molecule has 0 spiro atoms. The zero-order valence-electron chi connectivity index (χ0n) is 13.9. The predicted octanol–water partition coefficient (Wildman–Crippen LogP) is 1.15. The molecule has 2 heterocycles. The van der Waals surface area contributed by atoms with Gasteiger partial charge in [-0.25, -0.2) is 9.59 Å². The highest BCUT2D eigenvalue weighted by molar-refractivity contribution is 5.92. The average molecular weight is 366 g/mol. The van der Waals surface area contributed by atoms with E-state index in [0.717, 1.165) is 0 Å². The minimum atomic E-state index is -0.571.